The summed E-state index contributed by atoms with van der Waals surface area (Å²) in [6.45, 7) is 2.87. The molecule has 17 heavy (non-hydrogen) atoms. The van der Waals surface area contributed by atoms with Gasteiger partial charge >= 0.3 is 5.97 Å². The number of carbonyl (C=O) groups excluding carboxylic acids is 1. The molecule has 0 radical (unpaired) electrons. The van der Waals surface area contributed by atoms with Gasteiger partial charge in [-0.2, -0.15) is 0 Å². The number of carboxylic acid groups (broad SMARTS) is 1. The first-order valence-electron chi connectivity index (χ1n) is 5.90. The van der Waals surface area contributed by atoms with E-state index in [1.54, 1.807) is 4.90 Å². The predicted molar refractivity (Wildman–Crippen MR) is 65.1 cm³/mol. The van der Waals surface area contributed by atoms with E-state index in [0.29, 0.717) is 31.7 Å². The van der Waals surface area contributed by atoms with Crippen LogP contribution in [0, 0.1) is 5.92 Å². The van der Waals surface area contributed by atoms with Gasteiger partial charge < -0.3 is 10.0 Å². The van der Waals surface area contributed by atoms with Gasteiger partial charge in [-0.1, -0.05) is 6.92 Å². The zero-order chi connectivity index (χ0) is 12.8. The number of nitrogens with zero attached hydrogens (tertiary/aromatic N) is 1. The number of hydrogen-bond donors (Lipinski definition) is 1. The largest absolute Gasteiger partial charge is 0.481 e. The maximum absolute atomic E-state index is 11.7. The molecule has 0 saturated carbocycles. The van der Waals surface area contributed by atoms with Crippen LogP contribution in [0.25, 0.3) is 0 Å². The molecule has 0 spiro atoms. The lowest BCUT2D eigenvalue weighted by Gasteiger charge is -2.30. The van der Waals surface area contributed by atoms with Crippen LogP contribution in [0.3, 0.4) is 0 Å². The van der Waals surface area contributed by atoms with E-state index in [2.05, 4.69) is 0 Å². The first-order valence-corrected chi connectivity index (χ1v) is 7.39. The average Bonchev–Trinajstić information content (AvgIpc) is 2.29. The number of piperidine rings is 1. The lowest BCUT2D eigenvalue weighted by atomic mass is 9.97. The zero-order valence-corrected chi connectivity index (χ0v) is 10.9. The minimum absolute atomic E-state index is 0.0750. The lowest BCUT2D eigenvalue weighted by Crippen LogP contribution is -2.42. The maximum Gasteiger partial charge on any atom is 0.306 e. The molecule has 1 saturated heterocycles. The third-order valence-corrected chi connectivity index (χ3v) is 4.35. The van der Waals surface area contributed by atoms with Crippen LogP contribution < -0.4 is 0 Å². The second kappa shape index (κ2) is 6.74. The van der Waals surface area contributed by atoms with Crippen molar-refractivity contribution in [3.05, 3.63) is 0 Å². The molecule has 1 unspecified atom stereocenters. The fourth-order valence-electron chi connectivity index (χ4n) is 1.90. The van der Waals surface area contributed by atoms with Crippen molar-refractivity contribution in [2.45, 2.75) is 26.2 Å². The Kier molecular flexibility index (Phi) is 5.61. The van der Waals surface area contributed by atoms with E-state index in [4.69, 9.17) is 5.11 Å². The van der Waals surface area contributed by atoms with Gasteiger partial charge in [0.25, 0.3) is 0 Å². The number of carboxylic acids is 1. The third kappa shape index (κ3) is 4.46. The molecule has 0 aromatic heterocycles. The SMILES string of the molecule is CCCS(=O)CC(=O)N1CCC(C(=O)O)CC1. The van der Waals surface area contributed by atoms with Crippen LogP contribution >= 0.6 is 0 Å². The summed E-state index contributed by atoms with van der Waals surface area (Å²) < 4.78 is 11.4. The van der Waals surface area contributed by atoms with Crippen molar-refractivity contribution in [2.24, 2.45) is 5.92 Å². The Balaban J connectivity index is 2.35. The van der Waals surface area contributed by atoms with E-state index in [1.165, 1.54) is 0 Å². The summed E-state index contributed by atoms with van der Waals surface area (Å²) in [5.41, 5.74) is 0. The molecule has 0 aromatic carbocycles. The summed E-state index contributed by atoms with van der Waals surface area (Å²) in [6, 6.07) is 0. The summed E-state index contributed by atoms with van der Waals surface area (Å²) in [5.74, 6) is -0.601. The van der Waals surface area contributed by atoms with Gasteiger partial charge in [-0.25, -0.2) is 0 Å². The maximum atomic E-state index is 11.7. The summed E-state index contributed by atoms with van der Waals surface area (Å²) in [5, 5.41) is 8.83. The first-order chi connectivity index (χ1) is 8.04. The normalized spacial score (nSPS) is 19.0. The number of likely N-dealkylation sites (tertiary alicyclic amines) is 1. The second-order valence-corrected chi connectivity index (χ2v) is 5.86. The van der Waals surface area contributed by atoms with Gasteiger partial charge in [0.15, 0.2) is 0 Å². The fraction of sp³-hybridized carbons (Fsp3) is 0.818. The van der Waals surface area contributed by atoms with Gasteiger partial charge in [0.05, 0.1) is 5.92 Å². The highest BCUT2D eigenvalue weighted by Gasteiger charge is 2.27. The van der Waals surface area contributed by atoms with E-state index in [-0.39, 0.29) is 17.6 Å². The Hall–Kier alpha value is -0.910. The van der Waals surface area contributed by atoms with Gasteiger partial charge in [-0.05, 0) is 19.3 Å². The van der Waals surface area contributed by atoms with Crippen LogP contribution in [0.5, 0.6) is 0 Å². The van der Waals surface area contributed by atoms with Crippen molar-refractivity contribution in [1.29, 1.82) is 0 Å². The Morgan fingerprint density at radius 2 is 1.94 bits per heavy atom. The average molecular weight is 261 g/mol. The smallest absolute Gasteiger partial charge is 0.306 e. The molecule has 1 aliphatic rings. The highest BCUT2D eigenvalue weighted by atomic mass is 32.2. The van der Waals surface area contributed by atoms with Gasteiger partial charge in [0, 0.05) is 29.6 Å². The van der Waals surface area contributed by atoms with Crippen molar-refractivity contribution in [1.82, 2.24) is 4.90 Å². The predicted octanol–water partition coefficient (Wildman–Crippen LogP) is 0.468. The molecule has 1 heterocycles. The molecule has 0 bridgehead atoms. The molecular formula is C11H19NO4S. The van der Waals surface area contributed by atoms with Gasteiger partial charge in [0.1, 0.15) is 5.75 Å². The van der Waals surface area contributed by atoms with Crippen LogP contribution in [-0.4, -0.2) is 50.7 Å². The van der Waals surface area contributed by atoms with Crippen LogP contribution in [-0.2, 0) is 20.4 Å². The monoisotopic (exact) mass is 261 g/mol. The van der Waals surface area contributed by atoms with Crippen LogP contribution in [0.15, 0.2) is 0 Å². The van der Waals surface area contributed by atoms with Crippen molar-refractivity contribution < 1.29 is 18.9 Å². The van der Waals surface area contributed by atoms with Gasteiger partial charge in [0.2, 0.25) is 5.91 Å². The zero-order valence-electron chi connectivity index (χ0n) is 10.1. The molecule has 98 valence electrons. The molecule has 0 aliphatic carbocycles. The number of hydrogen-bond acceptors (Lipinski definition) is 3. The number of aliphatic carboxylic acids is 1. The summed E-state index contributed by atoms with van der Waals surface area (Å²) >= 11 is 0. The number of amides is 1. The molecule has 5 nitrogen and oxygen atoms in total. The highest BCUT2D eigenvalue weighted by Crippen LogP contribution is 2.17. The van der Waals surface area contributed by atoms with Crippen molar-refractivity contribution in [3.63, 3.8) is 0 Å². The third-order valence-electron chi connectivity index (χ3n) is 2.91. The van der Waals surface area contributed by atoms with Gasteiger partial charge in [-0.3, -0.25) is 13.8 Å². The lowest BCUT2D eigenvalue weighted by molar-refractivity contribution is -0.145. The van der Waals surface area contributed by atoms with Crippen molar-refractivity contribution >= 4 is 22.7 Å². The Labute approximate surface area is 104 Å². The van der Waals surface area contributed by atoms with Crippen molar-refractivity contribution in [2.75, 3.05) is 24.6 Å². The Morgan fingerprint density at radius 1 is 1.35 bits per heavy atom. The number of carbonyl (C=O) groups is 2. The van der Waals surface area contributed by atoms with Crippen LogP contribution in [0.1, 0.15) is 26.2 Å². The molecule has 1 amide bonds. The summed E-state index contributed by atoms with van der Waals surface area (Å²) in [4.78, 5) is 24.1. The van der Waals surface area contributed by atoms with E-state index < -0.39 is 16.8 Å². The van der Waals surface area contributed by atoms with Crippen LogP contribution in [0.4, 0.5) is 0 Å². The van der Waals surface area contributed by atoms with Gasteiger partial charge in [-0.15, -0.1) is 0 Å². The summed E-state index contributed by atoms with van der Waals surface area (Å²) in [7, 11) is -1.08. The molecule has 1 rings (SSSR count). The standard InChI is InChI=1S/C11H19NO4S/c1-2-7-17(16)8-10(13)12-5-3-9(4-6-12)11(14)15/h9H,2-8H2,1H3,(H,14,15). The van der Waals surface area contributed by atoms with Crippen LogP contribution in [0.2, 0.25) is 0 Å². The Bertz CT molecular complexity index is 311. The van der Waals surface area contributed by atoms with E-state index >= 15 is 0 Å². The van der Waals surface area contributed by atoms with E-state index in [9.17, 15) is 13.8 Å². The molecule has 1 fully saturated rings. The van der Waals surface area contributed by atoms with Crippen molar-refractivity contribution in [3.8, 4) is 0 Å². The molecule has 1 aliphatic heterocycles. The molecule has 1 N–H and O–H groups in total. The van der Waals surface area contributed by atoms with E-state index in [1.807, 2.05) is 6.92 Å². The van der Waals surface area contributed by atoms with E-state index in [0.717, 1.165) is 6.42 Å². The molecule has 6 heteroatoms. The quantitative estimate of drug-likeness (QED) is 0.780. The molecule has 1 atom stereocenters. The second-order valence-electron chi connectivity index (χ2n) is 4.28. The molecule has 0 aromatic rings. The number of rotatable bonds is 5. The molecular weight excluding hydrogens is 242 g/mol. The summed E-state index contributed by atoms with van der Waals surface area (Å²) in [6.07, 6.45) is 1.81. The fourth-order valence-corrected chi connectivity index (χ4v) is 2.96. The first kappa shape index (κ1) is 14.2. The highest BCUT2D eigenvalue weighted by molar-refractivity contribution is 7.85. The topological polar surface area (TPSA) is 74.7 Å². The Morgan fingerprint density at radius 3 is 2.41 bits per heavy atom. The minimum Gasteiger partial charge on any atom is -0.481 e. The minimum atomic E-state index is -1.08.